The van der Waals surface area contributed by atoms with Gasteiger partial charge in [0.05, 0.1) is 6.10 Å². The summed E-state index contributed by atoms with van der Waals surface area (Å²) in [5.41, 5.74) is 0.877. The van der Waals surface area contributed by atoms with E-state index in [9.17, 15) is 4.39 Å². The maximum absolute atomic E-state index is 14.5. The molecule has 1 aromatic carbocycles. The van der Waals surface area contributed by atoms with Crippen LogP contribution in [-0.2, 0) is 8.85 Å². The lowest BCUT2D eigenvalue weighted by atomic mass is 10.0. The largest absolute Gasteiger partial charge is 0.417 e. The molecule has 0 radical (unpaired) electrons. The van der Waals surface area contributed by atoms with Crippen molar-refractivity contribution in [2.24, 2.45) is 0 Å². The molecule has 0 aliphatic rings. The Morgan fingerprint density at radius 3 is 2.13 bits per heavy atom. The van der Waals surface area contributed by atoms with E-state index < -0.39 is 16.6 Å². The lowest BCUT2D eigenvalue weighted by molar-refractivity contribution is 0.143. The van der Waals surface area contributed by atoms with Crippen LogP contribution in [0.3, 0.4) is 0 Å². The average Bonchev–Trinajstić information content (AvgIpc) is 2.57. The van der Waals surface area contributed by atoms with E-state index in [1.807, 2.05) is 12.3 Å². The molecule has 2 aromatic rings. The summed E-state index contributed by atoms with van der Waals surface area (Å²) >= 11 is 0. The number of pyridine rings is 1. The highest BCUT2D eigenvalue weighted by Crippen LogP contribution is 2.42. The van der Waals surface area contributed by atoms with Crippen molar-refractivity contribution in [3.63, 3.8) is 0 Å². The number of hydrogen-bond donors (Lipinski definition) is 0. The van der Waals surface area contributed by atoms with Crippen molar-refractivity contribution >= 4 is 27.4 Å². The van der Waals surface area contributed by atoms with Gasteiger partial charge in [-0.2, -0.15) is 0 Å². The highest BCUT2D eigenvalue weighted by atomic mass is 28.4. The fourth-order valence-electron chi connectivity index (χ4n) is 2.90. The first kappa shape index (κ1) is 25.2. The van der Waals surface area contributed by atoms with Crippen LogP contribution in [-0.4, -0.2) is 28.2 Å². The zero-order valence-corrected chi connectivity index (χ0v) is 22.5. The quantitative estimate of drug-likeness (QED) is 0.403. The van der Waals surface area contributed by atoms with Crippen molar-refractivity contribution in [3.8, 4) is 0 Å². The van der Waals surface area contributed by atoms with Crippen LogP contribution in [0.2, 0.25) is 36.3 Å². The summed E-state index contributed by atoms with van der Waals surface area (Å²) in [4.78, 5) is 4.29. The summed E-state index contributed by atoms with van der Waals surface area (Å²) in [6.07, 6.45) is 4.00. The maximum Gasteiger partial charge on any atom is 0.192 e. The van der Waals surface area contributed by atoms with Gasteiger partial charge in [0.2, 0.25) is 0 Å². The number of nitrogens with zero attached hydrogens (tertiary/aromatic N) is 1. The van der Waals surface area contributed by atoms with Crippen molar-refractivity contribution < 1.29 is 13.2 Å². The average molecular weight is 450 g/mol. The molecule has 168 valence electrons. The predicted octanol–water partition coefficient (Wildman–Crippen LogP) is 7.85. The SMILES string of the molecule is CC(C)(C)[Si](C)(C)OCCC(O[Si](C)(C)C(C)(C)C)c1cc(F)cc2ccncc12. The number of benzene rings is 1. The Hall–Kier alpha value is -1.09. The van der Waals surface area contributed by atoms with Gasteiger partial charge in [-0.25, -0.2) is 4.39 Å². The molecule has 0 spiro atoms. The first-order chi connectivity index (χ1) is 13.6. The van der Waals surface area contributed by atoms with Gasteiger partial charge in [-0.3, -0.25) is 4.98 Å². The van der Waals surface area contributed by atoms with Gasteiger partial charge in [-0.15, -0.1) is 0 Å². The highest BCUT2D eigenvalue weighted by molar-refractivity contribution is 6.74. The van der Waals surface area contributed by atoms with E-state index in [2.05, 4.69) is 72.7 Å². The first-order valence-corrected chi connectivity index (χ1v) is 16.7. The topological polar surface area (TPSA) is 31.4 Å². The van der Waals surface area contributed by atoms with Gasteiger partial charge in [0, 0.05) is 24.4 Å². The summed E-state index contributed by atoms with van der Waals surface area (Å²) in [7, 11) is -3.94. The molecule has 0 aliphatic heterocycles. The summed E-state index contributed by atoms with van der Waals surface area (Å²) in [5.74, 6) is -0.238. The molecule has 0 amide bonds. The highest BCUT2D eigenvalue weighted by Gasteiger charge is 2.41. The number of halogens is 1. The molecule has 0 saturated heterocycles. The zero-order valence-electron chi connectivity index (χ0n) is 20.5. The normalized spacial score (nSPS) is 14.9. The molecule has 30 heavy (non-hydrogen) atoms. The predicted molar refractivity (Wildman–Crippen MR) is 130 cm³/mol. The fraction of sp³-hybridized carbons (Fsp3) is 0.625. The smallest absolute Gasteiger partial charge is 0.192 e. The van der Waals surface area contributed by atoms with E-state index in [-0.39, 0.29) is 22.0 Å². The molecule has 1 heterocycles. The van der Waals surface area contributed by atoms with Gasteiger partial charge in [-0.1, -0.05) is 41.5 Å². The second kappa shape index (κ2) is 8.81. The Bertz CT molecular complexity index is 870. The molecule has 0 N–H and O–H groups in total. The molecule has 0 saturated carbocycles. The van der Waals surface area contributed by atoms with Gasteiger partial charge in [0.1, 0.15) is 5.82 Å². The second-order valence-electron chi connectivity index (χ2n) is 11.4. The molecule has 1 unspecified atom stereocenters. The number of hydrogen-bond acceptors (Lipinski definition) is 3. The van der Waals surface area contributed by atoms with E-state index >= 15 is 0 Å². The lowest BCUT2D eigenvalue weighted by Gasteiger charge is -2.40. The van der Waals surface area contributed by atoms with Gasteiger partial charge >= 0.3 is 0 Å². The minimum absolute atomic E-state index is 0.0624. The maximum atomic E-state index is 14.5. The van der Waals surface area contributed by atoms with Crippen LogP contribution < -0.4 is 0 Å². The fourth-order valence-corrected chi connectivity index (χ4v) is 5.27. The number of fused-ring (bicyclic) bond motifs is 1. The third kappa shape index (κ3) is 5.78. The standard InChI is InChI=1S/C24H40FNO2Si2/c1-23(2,3)29(7,8)27-14-12-22(28-30(9,10)24(4,5)6)20-16-19(25)15-18-11-13-26-17-21(18)20/h11,13,15-17,22H,12,14H2,1-10H3. The van der Waals surface area contributed by atoms with Gasteiger partial charge in [0.25, 0.3) is 0 Å². The van der Waals surface area contributed by atoms with Crippen molar-refractivity contribution in [3.05, 3.63) is 42.0 Å². The minimum atomic E-state index is -2.08. The Kier molecular flexibility index (Phi) is 7.39. The molecule has 2 rings (SSSR count). The van der Waals surface area contributed by atoms with Crippen molar-refractivity contribution in [1.82, 2.24) is 4.98 Å². The lowest BCUT2D eigenvalue weighted by Crippen LogP contribution is -2.43. The number of rotatable bonds is 7. The van der Waals surface area contributed by atoms with Crippen molar-refractivity contribution in [2.75, 3.05) is 6.61 Å². The second-order valence-corrected chi connectivity index (χ2v) is 20.9. The van der Waals surface area contributed by atoms with Gasteiger partial charge in [-0.05, 0) is 71.8 Å². The summed E-state index contributed by atoms with van der Waals surface area (Å²) in [6.45, 7) is 23.0. The van der Waals surface area contributed by atoms with Gasteiger partial charge in [0.15, 0.2) is 16.6 Å². The van der Waals surface area contributed by atoms with Gasteiger partial charge < -0.3 is 8.85 Å². The molecule has 6 heteroatoms. The van der Waals surface area contributed by atoms with Crippen molar-refractivity contribution in [1.29, 1.82) is 0 Å². The number of aromatic nitrogens is 1. The molecule has 1 atom stereocenters. The molecule has 1 aromatic heterocycles. The van der Waals surface area contributed by atoms with E-state index in [0.717, 1.165) is 16.3 Å². The molecule has 3 nitrogen and oxygen atoms in total. The van der Waals surface area contributed by atoms with Crippen LogP contribution in [0, 0.1) is 5.82 Å². The first-order valence-electron chi connectivity index (χ1n) is 10.9. The Labute approximate surface area is 184 Å². The van der Waals surface area contributed by atoms with E-state index in [1.165, 1.54) is 0 Å². The van der Waals surface area contributed by atoms with Crippen molar-refractivity contribution in [2.45, 2.75) is 90.3 Å². The third-order valence-electron chi connectivity index (χ3n) is 6.99. The Balaban J connectivity index is 2.41. The van der Waals surface area contributed by atoms with Crippen LogP contribution >= 0.6 is 0 Å². The minimum Gasteiger partial charge on any atom is -0.417 e. The monoisotopic (exact) mass is 449 g/mol. The Morgan fingerprint density at radius 2 is 1.57 bits per heavy atom. The van der Waals surface area contributed by atoms with Crippen LogP contribution in [0.1, 0.15) is 59.6 Å². The summed E-state index contributed by atoms with van der Waals surface area (Å²) in [5, 5.41) is 2.02. The Morgan fingerprint density at radius 1 is 0.967 bits per heavy atom. The van der Waals surface area contributed by atoms with E-state index in [4.69, 9.17) is 8.85 Å². The third-order valence-corrected chi connectivity index (χ3v) is 16.0. The van der Waals surface area contributed by atoms with E-state index in [0.29, 0.717) is 13.0 Å². The van der Waals surface area contributed by atoms with Crippen LogP contribution in [0.25, 0.3) is 10.8 Å². The summed E-state index contributed by atoms with van der Waals surface area (Å²) < 4.78 is 27.8. The molecule has 0 aliphatic carbocycles. The summed E-state index contributed by atoms with van der Waals surface area (Å²) in [6, 6.07) is 5.04. The molecule has 0 fully saturated rings. The molecular formula is C24H40FNO2Si2. The van der Waals surface area contributed by atoms with Crippen LogP contribution in [0.4, 0.5) is 4.39 Å². The molecular weight excluding hydrogens is 409 g/mol. The molecule has 0 bridgehead atoms. The van der Waals surface area contributed by atoms with Crippen LogP contribution in [0.15, 0.2) is 30.6 Å². The van der Waals surface area contributed by atoms with E-state index in [1.54, 1.807) is 18.3 Å². The zero-order chi connectivity index (χ0) is 23.0. The van der Waals surface area contributed by atoms with Crippen LogP contribution in [0.5, 0.6) is 0 Å².